The fourth-order valence-corrected chi connectivity index (χ4v) is 0.842. The van der Waals surface area contributed by atoms with Crippen LogP contribution in [0.15, 0.2) is 6.20 Å². The highest BCUT2D eigenvalue weighted by Crippen LogP contribution is 2.10. The van der Waals surface area contributed by atoms with Crippen molar-refractivity contribution < 1.29 is 4.74 Å². The molecule has 0 fully saturated rings. The van der Waals surface area contributed by atoms with Crippen LogP contribution in [0.1, 0.15) is 5.56 Å². The molecule has 0 aromatic carbocycles. The van der Waals surface area contributed by atoms with Crippen LogP contribution in [0.25, 0.3) is 0 Å². The third-order valence-electron chi connectivity index (χ3n) is 1.15. The van der Waals surface area contributed by atoms with Gasteiger partial charge in [-0.05, 0) is 6.92 Å². The maximum atomic E-state index is 5.68. The summed E-state index contributed by atoms with van der Waals surface area (Å²) in [5.41, 5.74) is 0.971. The molecule has 10 heavy (non-hydrogen) atoms. The van der Waals surface area contributed by atoms with Crippen molar-refractivity contribution >= 4 is 11.6 Å². The van der Waals surface area contributed by atoms with Gasteiger partial charge in [-0.15, -0.1) is 0 Å². The first-order chi connectivity index (χ1) is 4.74. The Balaban J connectivity index is 2.77. The Kier molecular flexibility index (Phi) is 2.29. The van der Waals surface area contributed by atoms with E-state index in [4.69, 9.17) is 16.3 Å². The average molecular weight is 161 g/mol. The molecule has 0 spiro atoms. The van der Waals surface area contributed by atoms with E-state index in [1.165, 1.54) is 0 Å². The molecule has 0 saturated heterocycles. The second-order valence-corrected chi connectivity index (χ2v) is 2.42. The van der Waals surface area contributed by atoms with Gasteiger partial charge in [-0.1, -0.05) is 11.6 Å². The second kappa shape index (κ2) is 3.03. The summed E-state index contributed by atoms with van der Waals surface area (Å²) in [5.74, 6) is 0. The Labute approximate surface area is 64.6 Å². The van der Waals surface area contributed by atoms with Crippen LogP contribution in [0.4, 0.5) is 0 Å². The fraction of sp³-hybridized carbons (Fsp3) is 0.500. The van der Waals surface area contributed by atoms with E-state index in [1.54, 1.807) is 11.8 Å². The minimum Gasteiger partial charge on any atom is -0.362 e. The van der Waals surface area contributed by atoms with E-state index in [9.17, 15) is 0 Å². The maximum absolute atomic E-state index is 5.68. The summed E-state index contributed by atoms with van der Waals surface area (Å²) in [6.45, 7) is 2.36. The van der Waals surface area contributed by atoms with Crippen molar-refractivity contribution in [2.24, 2.45) is 0 Å². The van der Waals surface area contributed by atoms with Gasteiger partial charge in [0.25, 0.3) is 0 Å². The number of methoxy groups -OCH3 is 1. The number of aromatic nitrogens is 2. The Bertz CT molecular complexity index is 202. The van der Waals surface area contributed by atoms with Crippen LogP contribution in [0.5, 0.6) is 0 Å². The SMILES string of the molecule is COCn1cc(C)c(Cl)n1. The topological polar surface area (TPSA) is 27.1 Å². The summed E-state index contributed by atoms with van der Waals surface area (Å²) in [5, 5.41) is 4.50. The normalized spacial score (nSPS) is 10.3. The monoisotopic (exact) mass is 160 g/mol. The molecule has 0 radical (unpaired) electrons. The van der Waals surface area contributed by atoms with E-state index in [-0.39, 0.29) is 0 Å². The van der Waals surface area contributed by atoms with Crippen LogP contribution < -0.4 is 0 Å². The fourth-order valence-electron chi connectivity index (χ4n) is 0.696. The summed E-state index contributed by atoms with van der Waals surface area (Å²) >= 11 is 5.68. The van der Waals surface area contributed by atoms with Gasteiger partial charge in [0.1, 0.15) is 6.73 Å². The molecule has 0 bridgehead atoms. The number of hydrogen-bond acceptors (Lipinski definition) is 2. The van der Waals surface area contributed by atoms with Gasteiger partial charge in [-0.2, -0.15) is 5.10 Å². The zero-order valence-electron chi connectivity index (χ0n) is 5.97. The van der Waals surface area contributed by atoms with Gasteiger partial charge in [0.05, 0.1) is 0 Å². The molecule has 3 nitrogen and oxygen atoms in total. The molecule has 0 unspecified atom stereocenters. The molecule has 1 aromatic heterocycles. The van der Waals surface area contributed by atoms with E-state index in [0.717, 1.165) is 5.56 Å². The van der Waals surface area contributed by atoms with Gasteiger partial charge in [0.15, 0.2) is 5.15 Å². The van der Waals surface area contributed by atoms with Crippen LogP contribution in [-0.2, 0) is 11.5 Å². The molecule has 56 valence electrons. The molecule has 0 N–H and O–H groups in total. The molecule has 0 aliphatic heterocycles. The van der Waals surface area contributed by atoms with Crippen LogP contribution in [0.2, 0.25) is 5.15 Å². The molecule has 1 aromatic rings. The molecule has 0 amide bonds. The summed E-state index contributed by atoms with van der Waals surface area (Å²) in [4.78, 5) is 0. The zero-order valence-corrected chi connectivity index (χ0v) is 6.72. The number of aryl methyl sites for hydroxylation is 1. The van der Waals surface area contributed by atoms with Crippen molar-refractivity contribution in [1.82, 2.24) is 9.78 Å². The molecular formula is C6H9ClN2O. The van der Waals surface area contributed by atoms with E-state index in [1.807, 2.05) is 13.1 Å². The van der Waals surface area contributed by atoms with E-state index < -0.39 is 0 Å². The minimum atomic E-state index is 0.452. The summed E-state index contributed by atoms with van der Waals surface area (Å²) in [7, 11) is 1.62. The van der Waals surface area contributed by atoms with Crippen LogP contribution in [0, 0.1) is 6.92 Å². The van der Waals surface area contributed by atoms with E-state index >= 15 is 0 Å². The average Bonchev–Trinajstić information content (AvgIpc) is 2.14. The standard InChI is InChI=1S/C6H9ClN2O/c1-5-3-9(4-10-2)8-6(5)7/h3H,4H2,1-2H3. The van der Waals surface area contributed by atoms with Crippen molar-refractivity contribution in [3.05, 3.63) is 16.9 Å². The Morgan fingerprint density at radius 2 is 2.50 bits per heavy atom. The van der Waals surface area contributed by atoms with Gasteiger partial charge >= 0.3 is 0 Å². The zero-order chi connectivity index (χ0) is 7.56. The second-order valence-electron chi connectivity index (χ2n) is 2.06. The molecule has 1 heterocycles. The van der Waals surface area contributed by atoms with Crippen molar-refractivity contribution in [2.45, 2.75) is 13.7 Å². The third-order valence-corrected chi connectivity index (χ3v) is 1.52. The highest BCUT2D eigenvalue weighted by molar-refractivity contribution is 6.30. The lowest BCUT2D eigenvalue weighted by molar-refractivity contribution is 0.120. The van der Waals surface area contributed by atoms with Crippen LogP contribution in [-0.4, -0.2) is 16.9 Å². The molecule has 0 aliphatic rings. The van der Waals surface area contributed by atoms with E-state index in [0.29, 0.717) is 11.9 Å². The first-order valence-corrected chi connectivity index (χ1v) is 3.30. The van der Waals surface area contributed by atoms with Gasteiger partial charge in [-0.25, -0.2) is 4.68 Å². The van der Waals surface area contributed by atoms with Gasteiger partial charge in [0.2, 0.25) is 0 Å². The predicted molar refractivity (Wildman–Crippen MR) is 39.0 cm³/mol. The maximum Gasteiger partial charge on any atom is 0.154 e. The molecular weight excluding hydrogens is 152 g/mol. The number of ether oxygens (including phenoxy) is 1. The first-order valence-electron chi connectivity index (χ1n) is 2.92. The lowest BCUT2D eigenvalue weighted by atomic mass is 10.4. The first kappa shape index (κ1) is 7.57. The Morgan fingerprint density at radius 3 is 2.90 bits per heavy atom. The van der Waals surface area contributed by atoms with Crippen LogP contribution >= 0.6 is 11.6 Å². The highest BCUT2D eigenvalue weighted by atomic mass is 35.5. The number of halogens is 1. The van der Waals surface area contributed by atoms with Gasteiger partial charge in [-0.3, -0.25) is 0 Å². The van der Waals surface area contributed by atoms with Gasteiger partial charge in [0, 0.05) is 18.9 Å². The van der Waals surface area contributed by atoms with E-state index in [2.05, 4.69) is 5.10 Å². The van der Waals surface area contributed by atoms with Crippen LogP contribution in [0.3, 0.4) is 0 Å². The predicted octanol–water partition coefficient (Wildman–Crippen LogP) is 1.45. The smallest absolute Gasteiger partial charge is 0.154 e. The molecule has 0 atom stereocenters. The number of nitrogens with zero attached hydrogens (tertiary/aromatic N) is 2. The molecule has 0 aliphatic carbocycles. The number of hydrogen-bond donors (Lipinski definition) is 0. The largest absolute Gasteiger partial charge is 0.362 e. The summed E-state index contributed by atoms with van der Waals surface area (Å²) < 4.78 is 6.49. The summed E-state index contributed by atoms with van der Waals surface area (Å²) in [6, 6.07) is 0. The molecule has 4 heteroatoms. The lowest BCUT2D eigenvalue weighted by Crippen LogP contribution is -1.99. The van der Waals surface area contributed by atoms with Crippen molar-refractivity contribution in [1.29, 1.82) is 0 Å². The molecule has 0 saturated carbocycles. The van der Waals surface area contributed by atoms with Gasteiger partial charge < -0.3 is 4.74 Å². The minimum absolute atomic E-state index is 0.452. The highest BCUT2D eigenvalue weighted by Gasteiger charge is 1.99. The summed E-state index contributed by atoms with van der Waals surface area (Å²) in [6.07, 6.45) is 1.84. The van der Waals surface area contributed by atoms with Crippen molar-refractivity contribution in [3.63, 3.8) is 0 Å². The lowest BCUT2D eigenvalue weighted by Gasteiger charge is -1.95. The Hall–Kier alpha value is -0.540. The number of rotatable bonds is 2. The van der Waals surface area contributed by atoms with Crippen molar-refractivity contribution in [3.8, 4) is 0 Å². The quantitative estimate of drug-likeness (QED) is 0.655. The van der Waals surface area contributed by atoms with Crippen molar-refractivity contribution in [2.75, 3.05) is 7.11 Å². The molecule has 1 rings (SSSR count). The third kappa shape index (κ3) is 1.49. The Morgan fingerprint density at radius 1 is 1.80 bits per heavy atom.